The zero-order valence-electron chi connectivity index (χ0n) is 11.6. The Hall–Kier alpha value is -1.06. The second kappa shape index (κ2) is 8.11. The number of nitrogens with one attached hydrogen (secondary N) is 1. The Bertz CT molecular complexity index is 337. The van der Waals surface area contributed by atoms with E-state index in [2.05, 4.69) is 17.4 Å². The van der Waals surface area contributed by atoms with Crippen molar-refractivity contribution in [2.45, 2.75) is 52.4 Å². The lowest BCUT2D eigenvalue weighted by Gasteiger charge is -2.11. The minimum Gasteiger partial charge on any atom is -0.491 e. The van der Waals surface area contributed by atoms with Gasteiger partial charge in [-0.15, -0.1) is 0 Å². The fourth-order valence-corrected chi connectivity index (χ4v) is 1.76. The lowest BCUT2D eigenvalue weighted by Crippen LogP contribution is -2.16. The van der Waals surface area contributed by atoms with E-state index in [1.54, 1.807) is 0 Å². The van der Waals surface area contributed by atoms with E-state index in [1.165, 1.54) is 5.56 Å². The first-order valence-corrected chi connectivity index (χ1v) is 6.72. The molecular weight excluding hydrogens is 226 g/mol. The Morgan fingerprint density at radius 3 is 2.72 bits per heavy atom. The van der Waals surface area contributed by atoms with E-state index in [9.17, 15) is 0 Å². The first-order chi connectivity index (χ1) is 8.58. The van der Waals surface area contributed by atoms with E-state index in [4.69, 9.17) is 9.84 Å². The fraction of sp³-hybridized carbons (Fsp3) is 0.600. The van der Waals surface area contributed by atoms with Crippen LogP contribution < -0.4 is 10.1 Å². The van der Waals surface area contributed by atoms with Gasteiger partial charge in [0.15, 0.2) is 0 Å². The van der Waals surface area contributed by atoms with Gasteiger partial charge in [-0.3, -0.25) is 0 Å². The summed E-state index contributed by atoms with van der Waals surface area (Å²) in [5, 5.41) is 12.5. The minimum atomic E-state index is -0.199. The van der Waals surface area contributed by atoms with Gasteiger partial charge in [-0.05, 0) is 57.9 Å². The summed E-state index contributed by atoms with van der Waals surface area (Å²) in [5.74, 6) is 0.924. The van der Waals surface area contributed by atoms with Gasteiger partial charge in [0, 0.05) is 6.54 Å². The maximum atomic E-state index is 9.14. The minimum absolute atomic E-state index is 0.199. The molecule has 0 radical (unpaired) electrons. The molecule has 2 N–H and O–H groups in total. The van der Waals surface area contributed by atoms with Gasteiger partial charge in [0.25, 0.3) is 0 Å². The van der Waals surface area contributed by atoms with Crippen molar-refractivity contribution in [3.05, 3.63) is 29.8 Å². The van der Waals surface area contributed by atoms with Crippen molar-refractivity contribution in [2.75, 3.05) is 6.54 Å². The zero-order chi connectivity index (χ0) is 13.4. The third kappa shape index (κ3) is 6.62. The molecule has 1 aromatic rings. The van der Waals surface area contributed by atoms with Gasteiger partial charge >= 0.3 is 0 Å². The Labute approximate surface area is 110 Å². The van der Waals surface area contributed by atoms with Crippen molar-refractivity contribution < 1.29 is 9.84 Å². The van der Waals surface area contributed by atoms with Gasteiger partial charge in [0.05, 0.1) is 12.2 Å². The van der Waals surface area contributed by atoms with Crippen LogP contribution >= 0.6 is 0 Å². The molecule has 3 nitrogen and oxygen atoms in total. The average Bonchev–Trinajstić information content (AvgIpc) is 2.27. The molecule has 0 spiro atoms. The van der Waals surface area contributed by atoms with Crippen LogP contribution in [0.2, 0.25) is 0 Å². The fourth-order valence-electron chi connectivity index (χ4n) is 1.76. The molecule has 1 rings (SSSR count). The lowest BCUT2D eigenvalue weighted by atomic mass is 10.2. The van der Waals surface area contributed by atoms with Crippen molar-refractivity contribution in [2.24, 2.45) is 0 Å². The maximum absolute atomic E-state index is 9.14. The first kappa shape index (κ1) is 15.0. The molecular formula is C15H25NO2. The predicted molar refractivity (Wildman–Crippen MR) is 74.8 cm³/mol. The summed E-state index contributed by atoms with van der Waals surface area (Å²) in [6.07, 6.45) is 1.86. The van der Waals surface area contributed by atoms with Crippen molar-refractivity contribution in [3.8, 4) is 5.75 Å². The summed E-state index contributed by atoms with van der Waals surface area (Å²) in [6.45, 7) is 7.66. The summed E-state index contributed by atoms with van der Waals surface area (Å²) in [5.41, 5.74) is 1.23. The van der Waals surface area contributed by atoms with E-state index < -0.39 is 0 Å². The summed E-state index contributed by atoms with van der Waals surface area (Å²) >= 11 is 0. The molecule has 3 heteroatoms. The molecule has 0 aliphatic carbocycles. The topological polar surface area (TPSA) is 41.5 Å². The van der Waals surface area contributed by atoms with Crippen LogP contribution in [-0.2, 0) is 6.54 Å². The molecule has 1 atom stereocenters. The Morgan fingerprint density at radius 2 is 2.06 bits per heavy atom. The van der Waals surface area contributed by atoms with Gasteiger partial charge in [0.1, 0.15) is 5.75 Å². The third-order valence-electron chi connectivity index (χ3n) is 2.57. The van der Waals surface area contributed by atoms with Gasteiger partial charge in [-0.25, -0.2) is 0 Å². The van der Waals surface area contributed by atoms with E-state index in [1.807, 2.05) is 32.9 Å². The van der Waals surface area contributed by atoms with Crippen molar-refractivity contribution in [1.29, 1.82) is 0 Å². The largest absolute Gasteiger partial charge is 0.491 e. The van der Waals surface area contributed by atoms with Crippen LogP contribution in [0.3, 0.4) is 0 Å². The Morgan fingerprint density at radius 1 is 1.28 bits per heavy atom. The van der Waals surface area contributed by atoms with Crippen LogP contribution in [0, 0.1) is 0 Å². The highest BCUT2D eigenvalue weighted by Gasteiger charge is 2.00. The van der Waals surface area contributed by atoms with Crippen molar-refractivity contribution in [1.82, 2.24) is 5.32 Å². The van der Waals surface area contributed by atoms with Crippen LogP contribution in [0.5, 0.6) is 5.75 Å². The number of benzene rings is 1. The molecule has 0 bridgehead atoms. The number of aliphatic hydroxyl groups excluding tert-OH is 1. The van der Waals surface area contributed by atoms with Gasteiger partial charge in [0.2, 0.25) is 0 Å². The Kier molecular flexibility index (Phi) is 6.76. The monoisotopic (exact) mass is 251 g/mol. The standard InChI is InChI=1S/C15H25NO2/c1-12(2)18-15-8-4-7-14(10-15)11-16-9-5-6-13(3)17/h4,7-8,10,12-13,16-17H,5-6,9,11H2,1-3H3. The van der Waals surface area contributed by atoms with E-state index in [-0.39, 0.29) is 12.2 Å². The second-order valence-corrected chi connectivity index (χ2v) is 4.98. The molecule has 18 heavy (non-hydrogen) atoms. The van der Waals surface area contributed by atoms with E-state index in [0.29, 0.717) is 0 Å². The van der Waals surface area contributed by atoms with Crippen LogP contribution in [0.25, 0.3) is 0 Å². The summed E-state index contributed by atoms with van der Waals surface area (Å²) in [7, 11) is 0. The molecule has 0 heterocycles. The molecule has 1 aromatic carbocycles. The molecule has 0 aromatic heterocycles. The van der Waals surface area contributed by atoms with Crippen LogP contribution in [-0.4, -0.2) is 23.9 Å². The molecule has 0 saturated carbocycles. The molecule has 0 aliphatic rings. The summed E-state index contributed by atoms with van der Waals surface area (Å²) < 4.78 is 5.65. The smallest absolute Gasteiger partial charge is 0.120 e. The van der Waals surface area contributed by atoms with Gasteiger partial charge < -0.3 is 15.2 Å². The molecule has 0 amide bonds. The predicted octanol–water partition coefficient (Wildman–Crippen LogP) is 2.72. The highest BCUT2D eigenvalue weighted by atomic mass is 16.5. The molecule has 102 valence electrons. The summed E-state index contributed by atoms with van der Waals surface area (Å²) in [6, 6.07) is 8.16. The number of ether oxygens (including phenoxy) is 1. The van der Waals surface area contributed by atoms with Crippen molar-refractivity contribution >= 4 is 0 Å². The maximum Gasteiger partial charge on any atom is 0.120 e. The Balaban J connectivity index is 2.29. The van der Waals surface area contributed by atoms with Crippen LogP contribution in [0.1, 0.15) is 39.2 Å². The number of hydrogen-bond acceptors (Lipinski definition) is 3. The van der Waals surface area contributed by atoms with Crippen LogP contribution in [0.15, 0.2) is 24.3 Å². The SMILES string of the molecule is CC(O)CCCNCc1cccc(OC(C)C)c1. The zero-order valence-corrected chi connectivity index (χ0v) is 11.6. The molecule has 0 fully saturated rings. The number of rotatable bonds is 8. The van der Waals surface area contributed by atoms with Crippen LogP contribution in [0.4, 0.5) is 0 Å². The molecule has 0 saturated heterocycles. The number of aliphatic hydroxyl groups is 1. The quantitative estimate of drug-likeness (QED) is 0.698. The molecule has 0 aliphatic heterocycles. The van der Waals surface area contributed by atoms with Gasteiger partial charge in [-0.2, -0.15) is 0 Å². The van der Waals surface area contributed by atoms with Gasteiger partial charge in [-0.1, -0.05) is 12.1 Å². The lowest BCUT2D eigenvalue weighted by molar-refractivity contribution is 0.181. The van der Waals surface area contributed by atoms with Crippen molar-refractivity contribution in [3.63, 3.8) is 0 Å². The van der Waals surface area contributed by atoms with E-state index >= 15 is 0 Å². The highest BCUT2D eigenvalue weighted by molar-refractivity contribution is 5.28. The number of hydrogen-bond donors (Lipinski definition) is 2. The summed E-state index contributed by atoms with van der Waals surface area (Å²) in [4.78, 5) is 0. The second-order valence-electron chi connectivity index (χ2n) is 4.98. The normalized spacial score (nSPS) is 12.7. The highest BCUT2D eigenvalue weighted by Crippen LogP contribution is 2.14. The molecule has 1 unspecified atom stereocenters. The first-order valence-electron chi connectivity index (χ1n) is 6.72. The average molecular weight is 251 g/mol. The third-order valence-corrected chi connectivity index (χ3v) is 2.57. The van der Waals surface area contributed by atoms with E-state index in [0.717, 1.165) is 31.7 Å².